The zero-order chi connectivity index (χ0) is 20.5. The Hall–Kier alpha value is -3.02. The lowest BCUT2D eigenvalue weighted by atomic mass is 10.0. The molecule has 146 valence electrons. The van der Waals surface area contributed by atoms with E-state index in [9.17, 15) is 8.42 Å². The molecule has 5 heteroatoms. The molecule has 2 heterocycles. The van der Waals surface area contributed by atoms with Gasteiger partial charge in [0.25, 0.3) is 0 Å². The number of rotatable bonds is 1. The molecule has 0 saturated heterocycles. The Kier molecular flexibility index (Phi) is 3.70. The second-order valence-corrected chi connectivity index (χ2v) is 10.5. The maximum Gasteiger partial charge on any atom is 0.207 e. The molecule has 0 spiro atoms. The van der Waals surface area contributed by atoms with Gasteiger partial charge in [-0.1, -0.05) is 48.2 Å². The van der Waals surface area contributed by atoms with Crippen LogP contribution in [0.3, 0.4) is 0 Å². The number of aryl methyl sites for hydroxylation is 1. The van der Waals surface area contributed by atoms with Crippen LogP contribution in [0.25, 0.3) is 11.1 Å². The van der Waals surface area contributed by atoms with Gasteiger partial charge in [-0.25, -0.2) is 8.42 Å². The monoisotopic (exact) mass is 427 g/mol. The lowest BCUT2D eigenvalue weighted by Crippen LogP contribution is -2.15. The predicted molar refractivity (Wildman–Crippen MR) is 121 cm³/mol. The summed E-state index contributed by atoms with van der Waals surface area (Å²) in [6, 6.07) is 27.7. The van der Waals surface area contributed by atoms with E-state index in [0.29, 0.717) is 9.79 Å². The number of nitrogens with zero attached hydrogens (tertiary/aromatic N) is 1. The van der Waals surface area contributed by atoms with E-state index in [4.69, 9.17) is 0 Å². The van der Waals surface area contributed by atoms with Crippen molar-refractivity contribution < 1.29 is 8.42 Å². The van der Waals surface area contributed by atoms with Gasteiger partial charge in [0, 0.05) is 26.6 Å². The van der Waals surface area contributed by atoms with Crippen molar-refractivity contribution in [3.05, 3.63) is 90.5 Å². The highest BCUT2D eigenvalue weighted by molar-refractivity contribution is 7.99. The molecular formula is C25H17NO2S2. The van der Waals surface area contributed by atoms with Crippen LogP contribution in [0.5, 0.6) is 0 Å². The van der Waals surface area contributed by atoms with Gasteiger partial charge in [0.1, 0.15) is 0 Å². The second kappa shape index (κ2) is 6.24. The minimum Gasteiger partial charge on any atom is -0.308 e. The third-order valence-corrected chi connectivity index (χ3v) is 8.64. The van der Waals surface area contributed by atoms with E-state index in [-0.39, 0.29) is 0 Å². The Bertz CT molecular complexity index is 1460. The summed E-state index contributed by atoms with van der Waals surface area (Å²) >= 11 is 1.77. The molecular weight excluding hydrogens is 410 g/mol. The Morgan fingerprint density at radius 3 is 2.33 bits per heavy atom. The quantitative estimate of drug-likeness (QED) is 0.291. The summed E-state index contributed by atoms with van der Waals surface area (Å²) in [4.78, 5) is 5.39. The molecule has 2 aliphatic heterocycles. The summed E-state index contributed by atoms with van der Waals surface area (Å²) in [6.07, 6.45) is 0. The zero-order valence-electron chi connectivity index (χ0n) is 16.2. The number of hydrogen-bond donors (Lipinski definition) is 0. The molecule has 0 aliphatic carbocycles. The lowest BCUT2D eigenvalue weighted by Gasteiger charge is -2.33. The van der Waals surface area contributed by atoms with Crippen LogP contribution in [-0.4, -0.2) is 8.42 Å². The highest BCUT2D eigenvalue weighted by Gasteiger charge is 2.34. The maximum absolute atomic E-state index is 13.0. The van der Waals surface area contributed by atoms with E-state index in [1.165, 1.54) is 15.4 Å². The fourth-order valence-electron chi connectivity index (χ4n) is 4.29. The van der Waals surface area contributed by atoms with Crippen LogP contribution in [0.1, 0.15) is 5.56 Å². The minimum atomic E-state index is -3.46. The topological polar surface area (TPSA) is 37.4 Å². The molecule has 4 aromatic rings. The van der Waals surface area contributed by atoms with Crippen LogP contribution < -0.4 is 4.90 Å². The van der Waals surface area contributed by atoms with Crippen LogP contribution in [0.2, 0.25) is 0 Å². The molecule has 0 radical (unpaired) electrons. The maximum atomic E-state index is 13.0. The summed E-state index contributed by atoms with van der Waals surface area (Å²) in [7, 11) is -3.46. The van der Waals surface area contributed by atoms with Crippen molar-refractivity contribution in [1.29, 1.82) is 0 Å². The number of sulfone groups is 1. The van der Waals surface area contributed by atoms with Gasteiger partial charge < -0.3 is 4.90 Å². The van der Waals surface area contributed by atoms with Gasteiger partial charge in [0.05, 0.1) is 21.2 Å². The molecule has 2 aliphatic rings. The fraction of sp³-hybridized carbons (Fsp3) is 0.0400. The van der Waals surface area contributed by atoms with Gasteiger partial charge in [-0.05, 0) is 61.0 Å². The smallest absolute Gasteiger partial charge is 0.207 e. The average Bonchev–Trinajstić information content (AvgIpc) is 2.99. The molecule has 0 bridgehead atoms. The summed E-state index contributed by atoms with van der Waals surface area (Å²) in [5.41, 5.74) is 5.94. The predicted octanol–water partition coefficient (Wildman–Crippen LogP) is 6.74. The van der Waals surface area contributed by atoms with E-state index in [2.05, 4.69) is 48.2 Å². The first-order valence-corrected chi connectivity index (χ1v) is 12.0. The van der Waals surface area contributed by atoms with E-state index in [1.54, 1.807) is 30.0 Å². The molecule has 0 saturated carbocycles. The van der Waals surface area contributed by atoms with Gasteiger partial charge in [-0.2, -0.15) is 0 Å². The van der Waals surface area contributed by atoms with E-state index in [1.807, 2.05) is 30.3 Å². The van der Waals surface area contributed by atoms with Crippen molar-refractivity contribution in [2.24, 2.45) is 0 Å². The largest absolute Gasteiger partial charge is 0.308 e. The van der Waals surface area contributed by atoms with Crippen LogP contribution in [0, 0.1) is 6.92 Å². The number of para-hydroxylation sites is 1. The summed E-state index contributed by atoms with van der Waals surface area (Å²) < 4.78 is 26.0. The highest BCUT2D eigenvalue weighted by atomic mass is 32.2. The molecule has 0 unspecified atom stereocenters. The van der Waals surface area contributed by atoms with Crippen LogP contribution >= 0.6 is 11.8 Å². The second-order valence-electron chi connectivity index (χ2n) is 7.56. The summed E-state index contributed by atoms with van der Waals surface area (Å²) in [5.74, 6) is 0. The van der Waals surface area contributed by atoms with Crippen molar-refractivity contribution in [3.8, 4) is 11.1 Å². The SMILES string of the molecule is Cc1ccc2c(c1)Sc1ccccc1N2c1ccc2c(c1)-c1ccccc1S2(=O)=O. The molecule has 0 fully saturated rings. The normalized spacial score (nSPS) is 15.2. The van der Waals surface area contributed by atoms with Gasteiger partial charge >= 0.3 is 0 Å². The van der Waals surface area contributed by atoms with Crippen molar-refractivity contribution in [2.75, 3.05) is 4.90 Å². The number of benzene rings is 4. The van der Waals surface area contributed by atoms with Gasteiger partial charge in [0.15, 0.2) is 0 Å². The van der Waals surface area contributed by atoms with Crippen LogP contribution in [0.4, 0.5) is 17.1 Å². The van der Waals surface area contributed by atoms with E-state index in [0.717, 1.165) is 28.2 Å². The van der Waals surface area contributed by atoms with Gasteiger partial charge in [0.2, 0.25) is 9.84 Å². The summed E-state index contributed by atoms with van der Waals surface area (Å²) in [6.45, 7) is 2.10. The first kappa shape index (κ1) is 17.8. The van der Waals surface area contributed by atoms with E-state index >= 15 is 0 Å². The first-order chi connectivity index (χ1) is 14.5. The molecule has 0 N–H and O–H groups in total. The molecule has 0 amide bonds. The fourth-order valence-corrected chi connectivity index (χ4v) is 7.11. The standard InChI is InChI=1S/C25H17NO2S2/c1-16-10-12-21-23(14-16)29-22-8-4-3-7-20(22)26(21)17-11-13-25-19(15-17)18-6-2-5-9-24(18)30(25,27)28/h2-15H,1H3. The number of anilines is 3. The highest BCUT2D eigenvalue weighted by Crippen LogP contribution is 2.53. The van der Waals surface area contributed by atoms with Gasteiger partial charge in [-0.15, -0.1) is 0 Å². The molecule has 4 aromatic carbocycles. The Morgan fingerprint density at radius 1 is 0.700 bits per heavy atom. The first-order valence-electron chi connectivity index (χ1n) is 9.70. The van der Waals surface area contributed by atoms with Crippen molar-refractivity contribution in [1.82, 2.24) is 0 Å². The molecule has 0 atom stereocenters. The molecule has 3 nitrogen and oxygen atoms in total. The Balaban J connectivity index is 1.61. The van der Waals surface area contributed by atoms with E-state index < -0.39 is 9.84 Å². The zero-order valence-corrected chi connectivity index (χ0v) is 17.8. The van der Waals surface area contributed by atoms with Crippen LogP contribution in [-0.2, 0) is 9.84 Å². The minimum absolute atomic E-state index is 0.385. The number of fused-ring (bicyclic) bond motifs is 5. The van der Waals surface area contributed by atoms with Crippen LogP contribution in [0.15, 0.2) is 105 Å². The van der Waals surface area contributed by atoms with Crippen molar-refractivity contribution in [2.45, 2.75) is 26.5 Å². The lowest BCUT2D eigenvalue weighted by molar-refractivity contribution is 0.598. The molecule has 0 aromatic heterocycles. The third-order valence-electron chi connectivity index (χ3n) is 5.66. The number of hydrogen-bond acceptors (Lipinski definition) is 4. The third kappa shape index (κ3) is 2.42. The van der Waals surface area contributed by atoms with Crippen molar-refractivity contribution in [3.63, 3.8) is 0 Å². The Morgan fingerprint density at radius 2 is 1.43 bits per heavy atom. The van der Waals surface area contributed by atoms with Crippen molar-refractivity contribution >= 4 is 38.7 Å². The summed E-state index contributed by atoms with van der Waals surface area (Å²) in [5, 5.41) is 0. The Labute approximate surface area is 179 Å². The molecule has 6 rings (SSSR count). The average molecular weight is 428 g/mol. The molecule has 30 heavy (non-hydrogen) atoms. The van der Waals surface area contributed by atoms with Gasteiger partial charge in [-0.3, -0.25) is 0 Å².